The van der Waals surface area contributed by atoms with Crippen molar-refractivity contribution < 1.29 is 5.11 Å². The van der Waals surface area contributed by atoms with Gasteiger partial charge < -0.3 is 25.2 Å². The standard InChI is InChI=1S/C22H35N7O/c1-17-26-27-21(29(17)3)16-24-22(25-18-10-12-20(30)13-11-18)23-14-7-15-28(2)19-8-5-4-6-9-19/h4-6,8-9,18,20,30H,7,10-16H2,1-3H3,(H2,23,24,25). The van der Waals surface area contributed by atoms with Crippen LogP contribution >= 0.6 is 0 Å². The van der Waals surface area contributed by atoms with Crippen molar-refractivity contribution in [1.29, 1.82) is 0 Å². The highest BCUT2D eigenvalue weighted by Gasteiger charge is 2.20. The Kier molecular flexibility index (Phi) is 8.07. The molecule has 0 aliphatic heterocycles. The zero-order chi connectivity index (χ0) is 21.3. The third-order valence-electron chi connectivity index (χ3n) is 5.76. The van der Waals surface area contributed by atoms with E-state index in [0.29, 0.717) is 12.6 Å². The first-order chi connectivity index (χ1) is 14.5. The van der Waals surface area contributed by atoms with Gasteiger partial charge in [-0.2, -0.15) is 0 Å². The van der Waals surface area contributed by atoms with Gasteiger partial charge >= 0.3 is 0 Å². The van der Waals surface area contributed by atoms with E-state index in [1.54, 1.807) is 0 Å². The van der Waals surface area contributed by atoms with Crippen LogP contribution in [0.1, 0.15) is 43.8 Å². The van der Waals surface area contributed by atoms with E-state index in [0.717, 1.165) is 62.8 Å². The summed E-state index contributed by atoms with van der Waals surface area (Å²) in [7, 11) is 4.08. The van der Waals surface area contributed by atoms with Gasteiger partial charge in [0, 0.05) is 38.9 Å². The number of aliphatic hydroxyl groups is 1. The molecule has 3 rings (SSSR count). The molecule has 164 valence electrons. The van der Waals surface area contributed by atoms with Gasteiger partial charge in [0.1, 0.15) is 12.4 Å². The number of nitrogens with zero attached hydrogens (tertiary/aromatic N) is 5. The van der Waals surface area contributed by atoms with Crippen molar-refractivity contribution in [2.24, 2.45) is 12.0 Å². The summed E-state index contributed by atoms with van der Waals surface area (Å²) < 4.78 is 1.97. The molecular formula is C22H35N7O. The molecule has 1 aliphatic rings. The molecule has 0 unspecified atom stereocenters. The highest BCUT2D eigenvalue weighted by molar-refractivity contribution is 5.80. The largest absolute Gasteiger partial charge is 0.393 e. The minimum atomic E-state index is -0.161. The molecule has 8 heteroatoms. The highest BCUT2D eigenvalue weighted by Crippen LogP contribution is 2.18. The van der Waals surface area contributed by atoms with Crippen molar-refractivity contribution in [3.8, 4) is 0 Å². The van der Waals surface area contributed by atoms with Crippen LogP contribution in [0.25, 0.3) is 0 Å². The first-order valence-corrected chi connectivity index (χ1v) is 10.9. The number of aliphatic imine (C=N–C) groups is 1. The molecule has 1 fully saturated rings. The van der Waals surface area contributed by atoms with Crippen LogP contribution in [0.2, 0.25) is 0 Å². The Labute approximate surface area is 179 Å². The molecule has 0 saturated heterocycles. The second kappa shape index (κ2) is 11.0. The lowest BCUT2D eigenvalue weighted by Crippen LogP contribution is -2.46. The van der Waals surface area contributed by atoms with E-state index in [2.05, 4.69) is 57.0 Å². The predicted molar refractivity (Wildman–Crippen MR) is 121 cm³/mol. The SMILES string of the molecule is Cc1nnc(CN=C(NCCCN(C)c2ccccc2)NC2CCC(O)CC2)n1C. The van der Waals surface area contributed by atoms with Gasteiger partial charge in [-0.25, -0.2) is 4.99 Å². The smallest absolute Gasteiger partial charge is 0.191 e. The number of guanidine groups is 1. The molecule has 0 radical (unpaired) electrons. The number of anilines is 1. The average molecular weight is 414 g/mol. The van der Waals surface area contributed by atoms with Crippen LogP contribution in [0, 0.1) is 6.92 Å². The van der Waals surface area contributed by atoms with Gasteiger partial charge in [0.15, 0.2) is 11.8 Å². The van der Waals surface area contributed by atoms with E-state index in [4.69, 9.17) is 4.99 Å². The normalized spacial score (nSPS) is 19.5. The summed E-state index contributed by atoms with van der Waals surface area (Å²) in [5, 5.41) is 25.1. The molecule has 1 heterocycles. The molecule has 1 aliphatic carbocycles. The van der Waals surface area contributed by atoms with E-state index < -0.39 is 0 Å². The molecule has 0 spiro atoms. The lowest BCUT2D eigenvalue weighted by molar-refractivity contribution is 0.120. The van der Waals surface area contributed by atoms with E-state index in [1.807, 2.05) is 24.6 Å². The summed E-state index contributed by atoms with van der Waals surface area (Å²) in [5.74, 6) is 2.53. The van der Waals surface area contributed by atoms with Gasteiger partial charge in [-0.05, 0) is 51.2 Å². The van der Waals surface area contributed by atoms with Crippen molar-refractivity contribution in [1.82, 2.24) is 25.4 Å². The maximum absolute atomic E-state index is 9.77. The molecule has 1 aromatic carbocycles. The molecule has 8 nitrogen and oxygen atoms in total. The van der Waals surface area contributed by atoms with Gasteiger partial charge in [-0.1, -0.05) is 18.2 Å². The fourth-order valence-corrected chi connectivity index (χ4v) is 3.64. The number of nitrogens with one attached hydrogen (secondary N) is 2. The summed E-state index contributed by atoms with van der Waals surface area (Å²) in [6, 6.07) is 10.8. The molecule has 30 heavy (non-hydrogen) atoms. The average Bonchev–Trinajstić information content (AvgIpc) is 3.09. The molecule has 0 atom stereocenters. The van der Waals surface area contributed by atoms with Crippen molar-refractivity contribution in [2.75, 3.05) is 25.0 Å². The van der Waals surface area contributed by atoms with Crippen LogP contribution in [0.3, 0.4) is 0 Å². The predicted octanol–water partition coefficient (Wildman–Crippen LogP) is 1.99. The number of rotatable bonds is 8. The number of para-hydroxylation sites is 1. The van der Waals surface area contributed by atoms with Crippen LogP contribution in [0.15, 0.2) is 35.3 Å². The summed E-state index contributed by atoms with van der Waals surface area (Å²) in [6.45, 7) is 4.21. The van der Waals surface area contributed by atoms with Gasteiger partial charge in [-0.3, -0.25) is 0 Å². The number of hydrogen-bond acceptors (Lipinski definition) is 5. The second-order valence-electron chi connectivity index (χ2n) is 8.07. The number of benzene rings is 1. The molecule has 3 N–H and O–H groups in total. The Morgan fingerprint density at radius 3 is 2.60 bits per heavy atom. The molecular weight excluding hydrogens is 378 g/mol. The van der Waals surface area contributed by atoms with Crippen LogP contribution in [-0.2, 0) is 13.6 Å². The number of hydrogen-bond donors (Lipinski definition) is 3. The van der Waals surface area contributed by atoms with E-state index >= 15 is 0 Å². The van der Waals surface area contributed by atoms with Crippen molar-refractivity contribution in [3.05, 3.63) is 42.0 Å². The Balaban J connectivity index is 1.53. The summed E-state index contributed by atoms with van der Waals surface area (Å²) >= 11 is 0. The summed E-state index contributed by atoms with van der Waals surface area (Å²) in [6.07, 6.45) is 4.44. The quantitative estimate of drug-likeness (QED) is 0.348. The molecule has 2 aromatic rings. The van der Waals surface area contributed by atoms with Gasteiger partial charge in [-0.15, -0.1) is 10.2 Å². The zero-order valence-electron chi connectivity index (χ0n) is 18.4. The summed E-state index contributed by atoms with van der Waals surface area (Å²) in [5.41, 5.74) is 1.22. The van der Waals surface area contributed by atoms with Crippen LogP contribution in [-0.4, -0.2) is 58.1 Å². The Morgan fingerprint density at radius 1 is 1.20 bits per heavy atom. The third kappa shape index (κ3) is 6.45. The van der Waals surface area contributed by atoms with E-state index in [9.17, 15) is 5.11 Å². The Morgan fingerprint density at radius 2 is 1.93 bits per heavy atom. The van der Waals surface area contributed by atoms with E-state index in [-0.39, 0.29) is 6.10 Å². The number of aryl methyl sites for hydroxylation is 1. The van der Waals surface area contributed by atoms with Gasteiger partial charge in [0.25, 0.3) is 0 Å². The lowest BCUT2D eigenvalue weighted by atomic mass is 9.93. The highest BCUT2D eigenvalue weighted by atomic mass is 16.3. The van der Waals surface area contributed by atoms with Crippen LogP contribution < -0.4 is 15.5 Å². The third-order valence-corrected chi connectivity index (χ3v) is 5.76. The molecule has 1 aromatic heterocycles. The minimum Gasteiger partial charge on any atom is -0.393 e. The van der Waals surface area contributed by atoms with E-state index in [1.165, 1.54) is 5.69 Å². The fraction of sp³-hybridized carbons (Fsp3) is 0.591. The van der Waals surface area contributed by atoms with Crippen molar-refractivity contribution in [3.63, 3.8) is 0 Å². The van der Waals surface area contributed by atoms with Crippen LogP contribution in [0.4, 0.5) is 5.69 Å². The number of aromatic nitrogens is 3. The summed E-state index contributed by atoms with van der Waals surface area (Å²) in [4.78, 5) is 7.01. The maximum atomic E-state index is 9.77. The van der Waals surface area contributed by atoms with Crippen molar-refractivity contribution in [2.45, 2.75) is 57.7 Å². The topological polar surface area (TPSA) is 90.6 Å². The van der Waals surface area contributed by atoms with Gasteiger partial charge in [0.2, 0.25) is 0 Å². The molecule has 0 bridgehead atoms. The van der Waals surface area contributed by atoms with Gasteiger partial charge in [0.05, 0.1) is 6.10 Å². The Hall–Kier alpha value is -2.61. The number of aliphatic hydroxyl groups excluding tert-OH is 1. The molecule has 0 amide bonds. The molecule has 1 saturated carbocycles. The first-order valence-electron chi connectivity index (χ1n) is 10.9. The fourth-order valence-electron chi connectivity index (χ4n) is 3.64. The minimum absolute atomic E-state index is 0.161. The first kappa shape index (κ1) is 22.1. The second-order valence-corrected chi connectivity index (χ2v) is 8.07. The zero-order valence-corrected chi connectivity index (χ0v) is 18.4. The van der Waals surface area contributed by atoms with Crippen LogP contribution in [0.5, 0.6) is 0 Å². The Bertz CT molecular complexity index is 797. The monoisotopic (exact) mass is 413 g/mol. The van der Waals surface area contributed by atoms with Crippen molar-refractivity contribution >= 4 is 11.6 Å². The maximum Gasteiger partial charge on any atom is 0.191 e. The lowest BCUT2D eigenvalue weighted by Gasteiger charge is -2.28.